The number of aromatic nitrogens is 2. The molecule has 182 valence electrons. The number of thiol groups is 1. The Morgan fingerprint density at radius 2 is 1.55 bits per heavy atom. The lowest BCUT2D eigenvalue weighted by Gasteiger charge is -2.23. The SMILES string of the molecule is NC(=O)CC(NC(=O)C(CS)NC(=O)C(N)Cc1cnc[nH]1)C(=O)NC(CC(=O)O)C(=O)O. The highest BCUT2D eigenvalue weighted by Gasteiger charge is 2.31. The van der Waals surface area contributed by atoms with Crippen molar-refractivity contribution in [2.24, 2.45) is 11.5 Å². The van der Waals surface area contributed by atoms with Crippen LogP contribution in [0.5, 0.6) is 0 Å². The van der Waals surface area contributed by atoms with Crippen LogP contribution in [0.15, 0.2) is 12.5 Å². The topological polar surface area (TPSA) is 260 Å². The lowest BCUT2D eigenvalue weighted by Crippen LogP contribution is -2.58. The number of nitrogens with one attached hydrogen (secondary N) is 4. The molecule has 4 atom stereocenters. The lowest BCUT2D eigenvalue weighted by atomic mass is 10.1. The molecule has 33 heavy (non-hydrogen) atoms. The number of carboxylic acids is 2. The number of carboxylic acid groups (broad SMARTS) is 2. The average Bonchev–Trinajstić information content (AvgIpc) is 3.22. The van der Waals surface area contributed by atoms with Gasteiger partial charge in [-0.15, -0.1) is 0 Å². The van der Waals surface area contributed by atoms with Crippen LogP contribution in [0.1, 0.15) is 18.5 Å². The first-order valence-electron chi connectivity index (χ1n) is 9.42. The zero-order chi connectivity index (χ0) is 25.1. The summed E-state index contributed by atoms with van der Waals surface area (Å²) in [5, 5.41) is 24.3. The first kappa shape index (κ1) is 27.4. The highest BCUT2D eigenvalue weighted by atomic mass is 32.1. The van der Waals surface area contributed by atoms with E-state index in [9.17, 15) is 28.8 Å². The van der Waals surface area contributed by atoms with Crippen molar-refractivity contribution >= 4 is 48.2 Å². The molecule has 0 saturated heterocycles. The van der Waals surface area contributed by atoms with Crippen molar-refractivity contribution < 1.29 is 39.0 Å². The quantitative estimate of drug-likeness (QED) is 0.115. The summed E-state index contributed by atoms with van der Waals surface area (Å²) >= 11 is 3.98. The fourth-order valence-corrected chi connectivity index (χ4v) is 2.79. The Labute approximate surface area is 192 Å². The van der Waals surface area contributed by atoms with Gasteiger partial charge in [-0.3, -0.25) is 24.0 Å². The molecule has 4 unspecified atom stereocenters. The number of aromatic amines is 1. The normalized spacial score (nSPS) is 14.2. The van der Waals surface area contributed by atoms with E-state index in [0.717, 1.165) is 0 Å². The van der Waals surface area contributed by atoms with E-state index in [-0.39, 0.29) is 12.2 Å². The lowest BCUT2D eigenvalue weighted by molar-refractivity contribution is -0.147. The number of aliphatic carboxylic acids is 2. The van der Waals surface area contributed by atoms with E-state index < -0.39 is 72.6 Å². The molecule has 1 rings (SSSR count). The first-order chi connectivity index (χ1) is 15.4. The molecule has 16 heteroatoms. The van der Waals surface area contributed by atoms with E-state index in [2.05, 4.69) is 33.2 Å². The van der Waals surface area contributed by atoms with E-state index in [4.69, 9.17) is 21.7 Å². The Bertz CT molecular complexity index is 879. The minimum absolute atomic E-state index is 0.0968. The molecular weight excluding hydrogens is 462 g/mol. The third-order valence-corrected chi connectivity index (χ3v) is 4.54. The summed E-state index contributed by atoms with van der Waals surface area (Å²) < 4.78 is 0. The standard InChI is InChI=1S/C17H25N7O8S/c18-8(1-7-4-20-6-21-7)14(28)24-11(5-33)16(30)22-9(2-12(19)25)15(29)23-10(17(31)32)3-13(26)27/h4,6,8-11,33H,1-3,5,18H2,(H2,19,25)(H,20,21)(H,22,30)(H,23,29)(H,24,28)(H,26,27)(H,31,32). The van der Waals surface area contributed by atoms with E-state index in [1.54, 1.807) is 0 Å². The molecular formula is C17H25N7O8S. The fraction of sp³-hybridized carbons (Fsp3) is 0.471. The van der Waals surface area contributed by atoms with E-state index in [1.807, 2.05) is 5.32 Å². The van der Waals surface area contributed by atoms with Gasteiger partial charge in [0.1, 0.15) is 18.1 Å². The van der Waals surface area contributed by atoms with Crippen molar-refractivity contribution in [1.82, 2.24) is 25.9 Å². The molecule has 0 aliphatic rings. The van der Waals surface area contributed by atoms with Crippen LogP contribution in [0.25, 0.3) is 0 Å². The maximum absolute atomic E-state index is 12.6. The summed E-state index contributed by atoms with van der Waals surface area (Å²) in [6.45, 7) is 0. The van der Waals surface area contributed by atoms with Gasteiger partial charge in [0, 0.05) is 24.1 Å². The Balaban J connectivity index is 2.83. The molecule has 1 aromatic heterocycles. The molecule has 10 N–H and O–H groups in total. The number of imidazole rings is 1. The number of nitrogens with two attached hydrogens (primary N) is 2. The number of primary amides is 1. The second-order valence-corrected chi connectivity index (χ2v) is 7.23. The predicted molar refractivity (Wildman–Crippen MR) is 114 cm³/mol. The zero-order valence-electron chi connectivity index (χ0n) is 17.2. The molecule has 4 amide bonds. The Morgan fingerprint density at radius 3 is 2.03 bits per heavy atom. The van der Waals surface area contributed by atoms with Crippen LogP contribution in [0.3, 0.4) is 0 Å². The van der Waals surface area contributed by atoms with Crippen LogP contribution >= 0.6 is 12.6 Å². The van der Waals surface area contributed by atoms with Gasteiger partial charge in [0.15, 0.2) is 0 Å². The largest absolute Gasteiger partial charge is 0.481 e. The average molecular weight is 487 g/mol. The van der Waals surface area contributed by atoms with Gasteiger partial charge < -0.3 is 42.6 Å². The second-order valence-electron chi connectivity index (χ2n) is 6.86. The number of rotatable bonds is 14. The Morgan fingerprint density at radius 1 is 0.970 bits per heavy atom. The maximum Gasteiger partial charge on any atom is 0.326 e. The van der Waals surface area contributed by atoms with E-state index in [0.29, 0.717) is 5.69 Å². The number of H-pyrrole nitrogens is 1. The monoisotopic (exact) mass is 487 g/mol. The van der Waals surface area contributed by atoms with Crippen molar-refractivity contribution in [1.29, 1.82) is 0 Å². The molecule has 1 aromatic rings. The summed E-state index contributed by atoms with van der Waals surface area (Å²) in [7, 11) is 0. The predicted octanol–water partition coefficient (Wildman–Crippen LogP) is -3.90. The summed E-state index contributed by atoms with van der Waals surface area (Å²) in [5.41, 5.74) is 11.5. The number of nitrogens with zero attached hydrogens (tertiary/aromatic N) is 1. The van der Waals surface area contributed by atoms with Crippen LogP contribution < -0.4 is 27.4 Å². The Hall–Kier alpha value is -3.66. The summed E-state index contributed by atoms with van der Waals surface area (Å²) in [6, 6.07) is -5.77. The van der Waals surface area contributed by atoms with Gasteiger partial charge in [-0.2, -0.15) is 12.6 Å². The molecule has 0 aromatic carbocycles. The van der Waals surface area contributed by atoms with Crippen LogP contribution in [-0.4, -0.2) is 85.7 Å². The third-order valence-electron chi connectivity index (χ3n) is 4.18. The number of carbonyl (C=O) groups is 6. The molecule has 0 fully saturated rings. The number of amides is 4. The van der Waals surface area contributed by atoms with Crippen molar-refractivity contribution in [2.45, 2.75) is 43.4 Å². The van der Waals surface area contributed by atoms with Crippen molar-refractivity contribution in [3.63, 3.8) is 0 Å². The van der Waals surface area contributed by atoms with Gasteiger partial charge in [-0.1, -0.05) is 0 Å². The fourth-order valence-electron chi connectivity index (χ4n) is 2.53. The smallest absolute Gasteiger partial charge is 0.326 e. The Kier molecular flexibility index (Phi) is 10.8. The molecule has 0 aliphatic carbocycles. The van der Waals surface area contributed by atoms with Gasteiger partial charge in [-0.25, -0.2) is 9.78 Å². The molecule has 0 bridgehead atoms. The van der Waals surface area contributed by atoms with Crippen molar-refractivity contribution in [3.05, 3.63) is 18.2 Å². The first-order valence-corrected chi connectivity index (χ1v) is 10.1. The minimum Gasteiger partial charge on any atom is -0.481 e. The van der Waals surface area contributed by atoms with Gasteiger partial charge in [0.2, 0.25) is 23.6 Å². The van der Waals surface area contributed by atoms with Crippen LogP contribution in [0.4, 0.5) is 0 Å². The van der Waals surface area contributed by atoms with E-state index >= 15 is 0 Å². The van der Waals surface area contributed by atoms with Gasteiger partial charge >= 0.3 is 11.9 Å². The highest BCUT2D eigenvalue weighted by molar-refractivity contribution is 7.80. The molecule has 15 nitrogen and oxygen atoms in total. The summed E-state index contributed by atoms with van der Waals surface area (Å²) in [5.74, 6) is -7.15. The zero-order valence-corrected chi connectivity index (χ0v) is 18.1. The maximum atomic E-state index is 12.6. The molecule has 0 spiro atoms. The van der Waals surface area contributed by atoms with Gasteiger partial charge in [0.25, 0.3) is 0 Å². The summed E-state index contributed by atoms with van der Waals surface area (Å²) in [4.78, 5) is 77.1. The molecule has 0 saturated carbocycles. The van der Waals surface area contributed by atoms with Crippen LogP contribution in [0, 0.1) is 0 Å². The van der Waals surface area contributed by atoms with Gasteiger partial charge in [0.05, 0.1) is 25.2 Å². The summed E-state index contributed by atoms with van der Waals surface area (Å²) in [6.07, 6.45) is 1.31. The van der Waals surface area contributed by atoms with Gasteiger partial charge in [-0.05, 0) is 0 Å². The highest BCUT2D eigenvalue weighted by Crippen LogP contribution is 2.01. The molecule has 1 heterocycles. The van der Waals surface area contributed by atoms with Crippen molar-refractivity contribution in [3.8, 4) is 0 Å². The minimum atomic E-state index is -1.82. The van der Waals surface area contributed by atoms with Crippen LogP contribution in [-0.2, 0) is 35.2 Å². The second kappa shape index (κ2) is 13.0. The van der Waals surface area contributed by atoms with Crippen molar-refractivity contribution in [2.75, 3.05) is 5.75 Å². The number of hydrogen-bond donors (Lipinski definition) is 9. The number of carbonyl (C=O) groups excluding carboxylic acids is 4. The third kappa shape index (κ3) is 9.56. The van der Waals surface area contributed by atoms with Crippen LogP contribution in [0.2, 0.25) is 0 Å². The molecule has 0 radical (unpaired) electrons. The molecule has 0 aliphatic heterocycles. The van der Waals surface area contributed by atoms with E-state index in [1.165, 1.54) is 12.5 Å². The number of hydrogen-bond acceptors (Lipinski definition) is 9.